The number of amides is 4. The number of nitrogens with one attached hydrogen (secondary N) is 4. The van der Waals surface area contributed by atoms with Gasteiger partial charge in [0.25, 0.3) is 0 Å². The molecule has 8 nitrogen and oxygen atoms in total. The lowest BCUT2D eigenvalue weighted by Crippen LogP contribution is -2.43. The summed E-state index contributed by atoms with van der Waals surface area (Å²) >= 11 is 0. The van der Waals surface area contributed by atoms with E-state index in [0.717, 1.165) is 25.7 Å². The molecule has 1 saturated carbocycles. The Bertz CT molecular complexity index is 827. The second-order valence-corrected chi connectivity index (χ2v) is 7.17. The van der Waals surface area contributed by atoms with Crippen molar-refractivity contribution in [3.63, 3.8) is 0 Å². The first-order valence-electron chi connectivity index (χ1n) is 9.80. The second-order valence-electron chi connectivity index (χ2n) is 7.17. The molecule has 1 heterocycles. The zero-order valence-corrected chi connectivity index (χ0v) is 16.4. The molecule has 0 aliphatic heterocycles. The van der Waals surface area contributed by atoms with E-state index in [2.05, 4.69) is 21.3 Å². The van der Waals surface area contributed by atoms with Crippen LogP contribution in [0.1, 0.15) is 38.4 Å². The van der Waals surface area contributed by atoms with Crippen molar-refractivity contribution in [1.29, 1.82) is 0 Å². The molecule has 1 aliphatic rings. The molecule has 0 spiro atoms. The summed E-state index contributed by atoms with van der Waals surface area (Å²) in [7, 11) is 0. The summed E-state index contributed by atoms with van der Waals surface area (Å²) < 4.78 is 5.15. The summed E-state index contributed by atoms with van der Waals surface area (Å²) in [6.07, 6.45) is 5.47. The molecule has 29 heavy (non-hydrogen) atoms. The van der Waals surface area contributed by atoms with Crippen LogP contribution in [0.25, 0.3) is 0 Å². The van der Waals surface area contributed by atoms with Gasteiger partial charge >= 0.3 is 6.03 Å². The summed E-state index contributed by atoms with van der Waals surface area (Å²) in [5.41, 5.74) is 1.17. The van der Waals surface area contributed by atoms with Crippen LogP contribution in [0.15, 0.2) is 47.1 Å². The van der Waals surface area contributed by atoms with Gasteiger partial charge in [0.15, 0.2) is 0 Å². The van der Waals surface area contributed by atoms with Crippen LogP contribution in [0.5, 0.6) is 0 Å². The number of furan rings is 1. The third kappa shape index (κ3) is 6.10. The Kier molecular flexibility index (Phi) is 6.89. The number of hydrogen-bond acceptors (Lipinski definition) is 4. The van der Waals surface area contributed by atoms with E-state index < -0.39 is 6.04 Å². The number of benzene rings is 1. The van der Waals surface area contributed by atoms with E-state index in [-0.39, 0.29) is 30.3 Å². The first-order valence-corrected chi connectivity index (χ1v) is 9.80. The molecule has 2 aromatic rings. The first-order chi connectivity index (χ1) is 14.0. The molecule has 3 rings (SSSR count). The van der Waals surface area contributed by atoms with Gasteiger partial charge in [-0.05, 0) is 56.2 Å². The Morgan fingerprint density at radius 1 is 1.03 bits per heavy atom. The summed E-state index contributed by atoms with van der Waals surface area (Å²) in [4.78, 5) is 36.4. The topological polar surface area (TPSA) is 112 Å². The lowest BCUT2D eigenvalue weighted by atomic mass is 10.1. The highest BCUT2D eigenvalue weighted by molar-refractivity contribution is 5.97. The smallest absolute Gasteiger partial charge is 0.319 e. The number of urea groups is 1. The average molecular weight is 398 g/mol. The van der Waals surface area contributed by atoms with E-state index in [1.807, 2.05) is 0 Å². The second kappa shape index (κ2) is 9.77. The molecule has 1 aromatic heterocycles. The maximum atomic E-state index is 12.3. The Morgan fingerprint density at radius 2 is 1.69 bits per heavy atom. The average Bonchev–Trinajstić information content (AvgIpc) is 3.42. The zero-order chi connectivity index (χ0) is 20.6. The Morgan fingerprint density at radius 3 is 2.31 bits per heavy atom. The minimum absolute atomic E-state index is 0.0227. The van der Waals surface area contributed by atoms with Gasteiger partial charge in [-0.2, -0.15) is 0 Å². The molecule has 1 aromatic carbocycles. The normalized spacial score (nSPS) is 14.8. The highest BCUT2D eigenvalue weighted by Gasteiger charge is 2.25. The largest absolute Gasteiger partial charge is 0.467 e. The molecule has 1 aliphatic carbocycles. The van der Waals surface area contributed by atoms with Gasteiger partial charge in [-0.3, -0.25) is 9.59 Å². The minimum Gasteiger partial charge on any atom is -0.467 e. The molecular weight excluding hydrogens is 372 g/mol. The van der Waals surface area contributed by atoms with E-state index in [9.17, 15) is 14.4 Å². The van der Waals surface area contributed by atoms with E-state index in [4.69, 9.17) is 4.42 Å². The van der Waals surface area contributed by atoms with Gasteiger partial charge in [-0.1, -0.05) is 12.8 Å². The number of hydrogen-bond donors (Lipinski definition) is 4. The van der Waals surface area contributed by atoms with Crippen LogP contribution in [0, 0.1) is 5.92 Å². The van der Waals surface area contributed by atoms with Crippen molar-refractivity contribution in [2.45, 2.75) is 45.2 Å². The molecule has 0 saturated heterocycles. The third-order valence-electron chi connectivity index (χ3n) is 4.89. The number of carbonyl (C=O) groups is 3. The van der Waals surface area contributed by atoms with E-state index in [0.29, 0.717) is 17.1 Å². The van der Waals surface area contributed by atoms with Crippen LogP contribution in [0.3, 0.4) is 0 Å². The fraction of sp³-hybridized carbons (Fsp3) is 0.381. The molecule has 1 atom stereocenters. The van der Waals surface area contributed by atoms with Crippen molar-refractivity contribution in [3.8, 4) is 0 Å². The van der Waals surface area contributed by atoms with Crippen molar-refractivity contribution in [2.75, 3.05) is 10.6 Å². The van der Waals surface area contributed by atoms with Gasteiger partial charge in [0, 0.05) is 17.3 Å². The molecule has 4 amide bonds. The molecule has 8 heteroatoms. The number of anilines is 2. The molecule has 154 valence electrons. The van der Waals surface area contributed by atoms with Crippen molar-refractivity contribution in [1.82, 2.24) is 10.6 Å². The summed E-state index contributed by atoms with van der Waals surface area (Å²) in [6, 6.07) is 9.29. The monoisotopic (exact) mass is 398 g/mol. The van der Waals surface area contributed by atoms with Crippen molar-refractivity contribution in [2.24, 2.45) is 5.92 Å². The maximum absolute atomic E-state index is 12.3. The molecular formula is C21H26N4O4. The summed E-state index contributed by atoms with van der Waals surface area (Å²) in [5, 5.41) is 10.9. The van der Waals surface area contributed by atoms with E-state index >= 15 is 0 Å². The summed E-state index contributed by atoms with van der Waals surface area (Å²) in [6.45, 7) is 1.96. The Hall–Kier alpha value is -3.29. The van der Waals surface area contributed by atoms with Gasteiger partial charge in [0.05, 0.1) is 12.8 Å². The van der Waals surface area contributed by atoms with Gasteiger partial charge < -0.3 is 25.7 Å². The lowest BCUT2D eigenvalue weighted by Gasteiger charge is -2.17. The van der Waals surface area contributed by atoms with Gasteiger partial charge in [-0.15, -0.1) is 0 Å². The lowest BCUT2D eigenvalue weighted by molar-refractivity contribution is -0.128. The van der Waals surface area contributed by atoms with Crippen LogP contribution in [0.4, 0.5) is 16.2 Å². The van der Waals surface area contributed by atoms with Crippen molar-refractivity contribution >= 4 is 29.2 Å². The fourth-order valence-corrected chi connectivity index (χ4v) is 3.23. The van der Waals surface area contributed by atoms with Crippen molar-refractivity contribution in [3.05, 3.63) is 48.4 Å². The summed E-state index contributed by atoms with van der Waals surface area (Å²) in [5.74, 6) is 0.348. The number of rotatable bonds is 7. The van der Waals surface area contributed by atoms with Crippen LogP contribution < -0.4 is 21.3 Å². The van der Waals surface area contributed by atoms with Gasteiger partial charge in [0.1, 0.15) is 11.8 Å². The van der Waals surface area contributed by atoms with Crippen LogP contribution in [-0.4, -0.2) is 23.9 Å². The highest BCUT2D eigenvalue weighted by atomic mass is 16.3. The van der Waals surface area contributed by atoms with Crippen LogP contribution in [0.2, 0.25) is 0 Å². The molecule has 0 radical (unpaired) electrons. The van der Waals surface area contributed by atoms with Gasteiger partial charge in [-0.25, -0.2) is 4.79 Å². The van der Waals surface area contributed by atoms with E-state index in [1.54, 1.807) is 49.6 Å². The predicted molar refractivity (Wildman–Crippen MR) is 109 cm³/mol. The quantitative estimate of drug-likeness (QED) is 0.573. The predicted octanol–water partition coefficient (Wildman–Crippen LogP) is 3.23. The molecule has 1 fully saturated rings. The third-order valence-corrected chi connectivity index (χ3v) is 4.89. The van der Waals surface area contributed by atoms with Crippen molar-refractivity contribution < 1.29 is 18.8 Å². The molecule has 4 N–H and O–H groups in total. The van der Waals surface area contributed by atoms with Gasteiger partial charge in [0.2, 0.25) is 11.8 Å². The molecule has 0 unspecified atom stereocenters. The SMILES string of the molecule is C[C@H](NC(=O)C1CCCC1)C(=O)Nc1ccc(NC(=O)NCc2ccco2)cc1. The minimum atomic E-state index is -0.617. The Labute approximate surface area is 169 Å². The van der Waals surface area contributed by atoms with Crippen LogP contribution in [-0.2, 0) is 16.1 Å². The highest BCUT2D eigenvalue weighted by Crippen LogP contribution is 2.24. The standard InChI is InChI=1S/C21H26N4O4/c1-14(23-20(27)15-5-2-3-6-15)19(26)24-16-8-10-17(11-9-16)25-21(28)22-13-18-7-4-12-29-18/h4,7-12,14-15H,2-3,5-6,13H2,1H3,(H,23,27)(H,24,26)(H2,22,25,28)/t14-/m0/s1. The zero-order valence-electron chi connectivity index (χ0n) is 16.4. The van der Waals surface area contributed by atoms with E-state index in [1.165, 1.54) is 0 Å². The van der Waals surface area contributed by atoms with Crippen LogP contribution >= 0.6 is 0 Å². The fourth-order valence-electron chi connectivity index (χ4n) is 3.23. The molecule has 0 bridgehead atoms. The number of carbonyl (C=O) groups excluding carboxylic acids is 3. The Balaban J connectivity index is 1.43. The first kappa shape index (κ1) is 20.4. The maximum Gasteiger partial charge on any atom is 0.319 e.